The summed E-state index contributed by atoms with van der Waals surface area (Å²) in [6.07, 6.45) is 6.50. The molecule has 1 aromatic carbocycles. The second-order valence-corrected chi connectivity index (χ2v) is 10.6. The zero-order chi connectivity index (χ0) is 22.2. The Labute approximate surface area is 197 Å². The topological polar surface area (TPSA) is 73.9 Å². The molecule has 33 heavy (non-hydrogen) atoms. The van der Waals surface area contributed by atoms with E-state index in [0.717, 1.165) is 61.5 Å². The highest BCUT2D eigenvalue weighted by Gasteiger charge is 2.54. The molecule has 3 fully saturated rings. The van der Waals surface area contributed by atoms with Gasteiger partial charge >= 0.3 is 0 Å². The van der Waals surface area contributed by atoms with Crippen LogP contribution in [0.4, 0.5) is 5.82 Å². The highest BCUT2D eigenvalue weighted by molar-refractivity contribution is 6.30. The van der Waals surface area contributed by atoms with Gasteiger partial charge in [0, 0.05) is 48.2 Å². The largest absolute Gasteiger partial charge is 0.355 e. The molecule has 0 radical (unpaired) electrons. The molecule has 0 bridgehead atoms. The summed E-state index contributed by atoms with van der Waals surface area (Å²) < 4.78 is 2.32. The minimum atomic E-state index is 0.328. The lowest BCUT2D eigenvalue weighted by atomic mass is 9.57. The molecule has 7 rings (SSSR count). The molecule has 0 atom stereocenters. The van der Waals surface area contributed by atoms with Crippen molar-refractivity contribution in [2.24, 2.45) is 5.41 Å². The van der Waals surface area contributed by atoms with Crippen LogP contribution in [0.1, 0.15) is 54.4 Å². The molecule has 2 saturated carbocycles. The van der Waals surface area contributed by atoms with Gasteiger partial charge in [0.2, 0.25) is 0 Å². The van der Waals surface area contributed by atoms with E-state index in [-0.39, 0.29) is 0 Å². The van der Waals surface area contributed by atoms with Gasteiger partial charge in [0.25, 0.3) is 0 Å². The first kappa shape index (κ1) is 19.5. The van der Waals surface area contributed by atoms with E-state index in [0.29, 0.717) is 22.9 Å². The van der Waals surface area contributed by atoms with Crippen molar-refractivity contribution in [3.8, 4) is 11.8 Å². The van der Waals surface area contributed by atoms with E-state index in [2.05, 4.69) is 42.7 Å². The molecular weight excluding hydrogens is 434 g/mol. The van der Waals surface area contributed by atoms with Gasteiger partial charge in [-0.2, -0.15) is 5.26 Å². The smallest absolute Gasteiger partial charge is 0.151 e. The molecule has 166 valence electrons. The van der Waals surface area contributed by atoms with Crippen LogP contribution in [0.2, 0.25) is 5.02 Å². The first-order chi connectivity index (χ1) is 16.1. The summed E-state index contributed by atoms with van der Waals surface area (Å²) in [5, 5.41) is 19.3. The molecule has 0 unspecified atom stereocenters. The van der Waals surface area contributed by atoms with Crippen LogP contribution in [-0.4, -0.2) is 43.8 Å². The Morgan fingerprint density at radius 3 is 2.70 bits per heavy atom. The van der Waals surface area contributed by atoms with E-state index in [4.69, 9.17) is 22.0 Å². The summed E-state index contributed by atoms with van der Waals surface area (Å²) in [5.41, 5.74) is 3.44. The number of anilines is 1. The fourth-order valence-electron chi connectivity index (χ4n) is 6.03. The van der Waals surface area contributed by atoms with Crippen LogP contribution >= 0.6 is 11.6 Å². The minimum absolute atomic E-state index is 0.328. The van der Waals surface area contributed by atoms with Crippen molar-refractivity contribution in [2.45, 2.75) is 50.7 Å². The van der Waals surface area contributed by atoms with E-state index < -0.39 is 0 Å². The summed E-state index contributed by atoms with van der Waals surface area (Å²) in [6.45, 7) is 3.75. The molecule has 7 nitrogen and oxygen atoms in total. The molecule has 4 aliphatic rings. The molecule has 2 aromatic heterocycles. The average molecular weight is 458 g/mol. The SMILES string of the molecule is N#Cc1ccnc(N2CC3(CC(c4nnc5n4-c4ccc(Cl)cc4CN(C4CC4)C5)C3)C2)c1. The van der Waals surface area contributed by atoms with Crippen molar-refractivity contribution >= 4 is 17.4 Å². The number of nitrogens with zero attached hydrogens (tertiary/aromatic N) is 7. The number of nitriles is 1. The van der Waals surface area contributed by atoms with Crippen LogP contribution < -0.4 is 4.90 Å². The Morgan fingerprint density at radius 2 is 1.91 bits per heavy atom. The van der Waals surface area contributed by atoms with Gasteiger partial charge in [-0.25, -0.2) is 4.98 Å². The highest BCUT2D eigenvalue weighted by Crippen LogP contribution is 2.56. The summed E-state index contributed by atoms with van der Waals surface area (Å²) in [6, 6.07) is 12.7. The van der Waals surface area contributed by atoms with Crippen LogP contribution in [0.25, 0.3) is 5.69 Å². The Hall–Kier alpha value is -2.95. The van der Waals surface area contributed by atoms with Crippen molar-refractivity contribution in [1.29, 1.82) is 5.26 Å². The fourth-order valence-corrected chi connectivity index (χ4v) is 6.22. The molecule has 3 aromatic rings. The van der Waals surface area contributed by atoms with E-state index >= 15 is 0 Å². The lowest BCUT2D eigenvalue weighted by molar-refractivity contribution is 0.0581. The maximum atomic E-state index is 9.17. The maximum absolute atomic E-state index is 9.17. The number of pyridine rings is 1. The van der Waals surface area contributed by atoms with Crippen molar-refractivity contribution in [2.75, 3.05) is 18.0 Å². The number of fused-ring (bicyclic) bond motifs is 3. The van der Waals surface area contributed by atoms with Gasteiger partial charge in [0.1, 0.15) is 11.6 Å². The normalized spacial score (nSPS) is 21.5. The minimum Gasteiger partial charge on any atom is -0.355 e. The molecule has 1 saturated heterocycles. The second kappa shape index (κ2) is 7.02. The first-order valence-electron chi connectivity index (χ1n) is 11.7. The molecule has 0 amide bonds. The molecule has 4 heterocycles. The number of halogens is 1. The summed E-state index contributed by atoms with van der Waals surface area (Å²) in [5.74, 6) is 3.47. The lowest BCUT2D eigenvalue weighted by Crippen LogP contribution is -2.62. The van der Waals surface area contributed by atoms with Crippen LogP contribution in [0.3, 0.4) is 0 Å². The zero-order valence-electron chi connectivity index (χ0n) is 18.3. The van der Waals surface area contributed by atoms with Gasteiger partial charge in [0.05, 0.1) is 23.9 Å². The van der Waals surface area contributed by atoms with Gasteiger partial charge in [-0.15, -0.1) is 10.2 Å². The number of benzene rings is 1. The maximum Gasteiger partial charge on any atom is 0.151 e. The van der Waals surface area contributed by atoms with Crippen molar-refractivity contribution in [1.82, 2.24) is 24.6 Å². The standard InChI is InChI=1S/C25H24ClN7/c26-19-1-4-21-17(8-19)12-31(20-2-3-20)13-23-29-30-24(33(21)23)18-9-25(10-18)14-32(15-25)22-7-16(11-27)5-6-28-22/h1,4-8,18,20H,2-3,9-10,12-15H2. The molecular formula is C25H24ClN7. The van der Waals surface area contributed by atoms with Crippen molar-refractivity contribution < 1.29 is 0 Å². The van der Waals surface area contributed by atoms with E-state index in [1.54, 1.807) is 12.3 Å². The molecule has 1 spiro atoms. The summed E-state index contributed by atoms with van der Waals surface area (Å²) in [4.78, 5) is 9.27. The molecule has 0 N–H and O–H groups in total. The second-order valence-electron chi connectivity index (χ2n) is 10.2. The predicted molar refractivity (Wildman–Crippen MR) is 124 cm³/mol. The monoisotopic (exact) mass is 457 g/mol. The van der Waals surface area contributed by atoms with E-state index in [9.17, 15) is 0 Å². The number of rotatable bonds is 3. The zero-order valence-corrected chi connectivity index (χ0v) is 19.0. The third kappa shape index (κ3) is 3.16. The van der Waals surface area contributed by atoms with Crippen LogP contribution in [0.5, 0.6) is 0 Å². The van der Waals surface area contributed by atoms with Gasteiger partial charge in [-0.3, -0.25) is 9.47 Å². The predicted octanol–water partition coefficient (Wildman–Crippen LogP) is 4.05. The van der Waals surface area contributed by atoms with Gasteiger partial charge in [-0.05, 0) is 61.6 Å². The van der Waals surface area contributed by atoms with Crippen molar-refractivity contribution in [3.63, 3.8) is 0 Å². The lowest BCUT2D eigenvalue weighted by Gasteiger charge is -2.59. The highest BCUT2D eigenvalue weighted by atomic mass is 35.5. The third-order valence-electron chi connectivity index (χ3n) is 7.79. The number of hydrogen-bond donors (Lipinski definition) is 0. The molecule has 2 aliphatic carbocycles. The van der Waals surface area contributed by atoms with Gasteiger partial charge in [0.15, 0.2) is 5.82 Å². The van der Waals surface area contributed by atoms with Gasteiger partial charge < -0.3 is 4.90 Å². The van der Waals surface area contributed by atoms with Crippen LogP contribution in [0.15, 0.2) is 36.5 Å². The summed E-state index contributed by atoms with van der Waals surface area (Å²) >= 11 is 6.38. The Morgan fingerprint density at radius 1 is 1.06 bits per heavy atom. The Bertz CT molecular complexity index is 1290. The van der Waals surface area contributed by atoms with Gasteiger partial charge in [-0.1, -0.05) is 11.6 Å². The Kier molecular flexibility index (Phi) is 4.15. The molecule has 2 aliphatic heterocycles. The first-order valence-corrected chi connectivity index (χ1v) is 12.1. The quantitative estimate of drug-likeness (QED) is 0.590. The van der Waals surface area contributed by atoms with E-state index in [1.165, 1.54) is 24.1 Å². The van der Waals surface area contributed by atoms with E-state index in [1.807, 2.05) is 12.1 Å². The molecule has 8 heteroatoms. The Balaban J connectivity index is 1.13. The summed E-state index contributed by atoms with van der Waals surface area (Å²) in [7, 11) is 0. The number of aromatic nitrogens is 4. The third-order valence-corrected chi connectivity index (χ3v) is 8.03. The van der Waals surface area contributed by atoms with Crippen LogP contribution in [-0.2, 0) is 13.1 Å². The van der Waals surface area contributed by atoms with Crippen LogP contribution in [0, 0.1) is 16.7 Å². The number of hydrogen-bond acceptors (Lipinski definition) is 6. The fraction of sp³-hybridized carbons (Fsp3) is 0.440. The average Bonchev–Trinajstić information content (AvgIpc) is 3.55. The van der Waals surface area contributed by atoms with Crippen molar-refractivity contribution in [3.05, 3.63) is 64.3 Å².